The van der Waals surface area contributed by atoms with E-state index in [4.69, 9.17) is 5.73 Å². The SMILES string of the molecule is NC(C=O)CN1CCCCC1. The van der Waals surface area contributed by atoms with Gasteiger partial charge in [-0.15, -0.1) is 0 Å². The maximum atomic E-state index is 10.2. The van der Waals surface area contributed by atoms with E-state index in [2.05, 4.69) is 4.90 Å². The Morgan fingerprint density at radius 1 is 1.36 bits per heavy atom. The Morgan fingerprint density at radius 3 is 2.55 bits per heavy atom. The van der Waals surface area contributed by atoms with Crippen molar-refractivity contribution in [2.24, 2.45) is 5.73 Å². The Morgan fingerprint density at radius 2 is 2.00 bits per heavy atom. The first-order valence-electron chi connectivity index (χ1n) is 4.26. The first kappa shape index (κ1) is 8.68. The summed E-state index contributed by atoms with van der Waals surface area (Å²) in [6, 6.07) is -0.284. The van der Waals surface area contributed by atoms with Crippen molar-refractivity contribution in [3.05, 3.63) is 0 Å². The van der Waals surface area contributed by atoms with E-state index in [0.29, 0.717) is 0 Å². The third-order valence-corrected chi connectivity index (χ3v) is 2.09. The number of piperidine rings is 1. The van der Waals surface area contributed by atoms with E-state index >= 15 is 0 Å². The molecule has 0 radical (unpaired) electrons. The first-order valence-corrected chi connectivity index (χ1v) is 4.26. The van der Waals surface area contributed by atoms with Crippen molar-refractivity contribution in [2.45, 2.75) is 25.3 Å². The van der Waals surface area contributed by atoms with Crippen molar-refractivity contribution >= 4 is 6.29 Å². The van der Waals surface area contributed by atoms with Crippen molar-refractivity contribution in [3.63, 3.8) is 0 Å². The number of carbonyl (C=O) groups is 1. The third kappa shape index (κ3) is 2.99. The smallest absolute Gasteiger partial charge is 0.137 e. The van der Waals surface area contributed by atoms with E-state index < -0.39 is 0 Å². The molecule has 1 atom stereocenters. The van der Waals surface area contributed by atoms with Gasteiger partial charge in [-0.05, 0) is 25.9 Å². The molecular formula is C8H16N2O. The molecular weight excluding hydrogens is 140 g/mol. The van der Waals surface area contributed by atoms with Gasteiger partial charge in [0.15, 0.2) is 0 Å². The van der Waals surface area contributed by atoms with E-state index in [1.54, 1.807) is 0 Å². The van der Waals surface area contributed by atoms with E-state index in [0.717, 1.165) is 25.9 Å². The number of aldehydes is 1. The molecule has 3 heteroatoms. The highest BCUT2D eigenvalue weighted by Gasteiger charge is 2.12. The Bertz CT molecular complexity index is 121. The lowest BCUT2D eigenvalue weighted by molar-refractivity contribution is -0.109. The average molecular weight is 156 g/mol. The van der Waals surface area contributed by atoms with Gasteiger partial charge in [0.1, 0.15) is 6.29 Å². The van der Waals surface area contributed by atoms with Crippen LogP contribution in [0, 0.1) is 0 Å². The summed E-state index contributed by atoms with van der Waals surface area (Å²) in [5.41, 5.74) is 5.49. The fourth-order valence-corrected chi connectivity index (χ4v) is 1.48. The normalized spacial score (nSPS) is 23.0. The minimum absolute atomic E-state index is 0.284. The molecule has 0 spiro atoms. The maximum Gasteiger partial charge on any atom is 0.137 e. The van der Waals surface area contributed by atoms with E-state index in [9.17, 15) is 4.79 Å². The summed E-state index contributed by atoms with van der Waals surface area (Å²) in [5, 5.41) is 0. The second kappa shape index (κ2) is 4.46. The van der Waals surface area contributed by atoms with Crippen LogP contribution in [0.25, 0.3) is 0 Å². The molecule has 64 valence electrons. The summed E-state index contributed by atoms with van der Waals surface area (Å²) in [6.45, 7) is 2.96. The van der Waals surface area contributed by atoms with Gasteiger partial charge >= 0.3 is 0 Å². The lowest BCUT2D eigenvalue weighted by Gasteiger charge is -2.27. The fourth-order valence-electron chi connectivity index (χ4n) is 1.48. The minimum Gasteiger partial charge on any atom is -0.321 e. The summed E-state index contributed by atoms with van der Waals surface area (Å²) in [6.07, 6.45) is 4.67. The van der Waals surface area contributed by atoms with Crippen LogP contribution in [0.3, 0.4) is 0 Å². The molecule has 1 rings (SSSR count). The van der Waals surface area contributed by atoms with Crippen LogP contribution in [0.15, 0.2) is 0 Å². The first-order chi connectivity index (χ1) is 5.33. The molecule has 0 aromatic rings. The highest BCUT2D eigenvalue weighted by atomic mass is 16.1. The Hall–Kier alpha value is -0.410. The zero-order valence-corrected chi connectivity index (χ0v) is 6.83. The summed E-state index contributed by atoms with van der Waals surface area (Å²) in [4.78, 5) is 12.5. The summed E-state index contributed by atoms with van der Waals surface area (Å²) >= 11 is 0. The molecule has 0 aromatic carbocycles. The monoisotopic (exact) mass is 156 g/mol. The van der Waals surface area contributed by atoms with E-state index in [-0.39, 0.29) is 6.04 Å². The average Bonchev–Trinajstić information content (AvgIpc) is 2.06. The molecule has 0 bridgehead atoms. The van der Waals surface area contributed by atoms with Crippen LogP contribution in [-0.4, -0.2) is 36.9 Å². The second-order valence-electron chi connectivity index (χ2n) is 3.16. The lowest BCUT2D eigenvalue weighted by Crippen LogP contribution is -2.40. The molecule has 0 aromatic heterocycles. The van der Waals surface area contributed by atoms with Gasteiger partial charge in [-0.2, -0.15) is 0 Å². The van der Waals surface area contributed by atoms with E-state index in [1.807, 2.05) is 0 Å². The molecule has 0 amide bonds. The molecule has 1 aliphatic heterocycles. The largest absolute Gasteiger partial charge is 0.321 e. The van der Waals surface area contributed by atoms with Crippen LogP contribution in [-0.2, 0) is 4.79 Å². The molecule has 1 saturated heterocycles. The number of hydrogen-bond acceptors (Lipinski definition) is 3. The summed E-state index contributed by atoms with van der Waals surface area (Å²) < 4.78 is 0. The van der Waals surface area contributed by atoms with E-state index in [1.165, 1.54) is 19.3 Å². The zero-order valence-electron chi connectivity index (χ0n) is 6.83. The van der Waals surface area contributed by atoms with Gasteiger partial charge in [0, 0.05) is 6.54 Å². The summed E-state index contributed by atoms with van der Waals surface area (Å²) in [5.74, 6) is 0. The van der Waals surface area contributed by atoms with Crippen LogP contribution in [0.4, 0.5) is 0 Å². The number of nitrogens with two attached hydrogens (primary N) is 1. The third-order valence-electron chi connectivity index (χ3n) is 2.09. The summed E-state index contributed by atoms with van der Waals surface area (Å²) in [7, 11) is 0. The second-order valence-corrected chi connectivity index (χ2v) is 3.16. The van der Waals surface area contributed by atoms with Gasteiger partial charge in [0.25, 0.3) is 0 Å². The Labute approximate surface area is 67.5 Å². The van der Waals surface area contributed by atoms with Gasteiger partial charge in [0.05, 0.1) is 6.04 Å². The van der Waals surface area contributed by atoms with Gasteiger partial charge < -0.3 is 15.4 Å². The number of nitrogens with zero attached hydrogens (tertiary/aromatic N) is 1. The molecule has 1 unspecified atom stereocenters. The van der Waals surface area contributed by atoms with Crippen molar-refractivity contribution < 1.29 is 4.79 Å². The van der Waals surface area contributed by atoms with Crippen LogP contribution < -0.4 is 5.73 Å². The predicted octanol–water partition coefficient (Wildman–Crippen LogP) is -0.00150. The molecule has 1 aliphatic rings. The highest BCUT2D eigenvalue weighted by Crippen LogP contribution is 2.07. The zero-order chi connectivity index (χ0) is 8.10. The molecule has 3 nitrogen and oxygen atoms in total. The van der Waals surface area contributed by atoms with Crippen molar-refractivity contribution in [1.29, 1.82) is 0 Å². The van der Waals surface area contributed by atoms with Crippen molar-refractivity contribution in [1.82, 2.24) is 4.90 Å². The molecule has 0 saturated carbocycles. The van der Waals surface area contributed by atoms with Gasteiger partial charge in [0.2, 0.25) is 0 Å². The molecule has 11 heavy (non-hydrogen) atoms. The number of hydrogen-bond donors (Lipinski definition) is 1. The molecule has 1 fully saturated rings. The van der Waals surface area contributed by atoms with Crippen LogP contribution in [0.1, 0.15) is 19.3 Å². The van der Waals surface area contributed by atoms with Crippen LogP contribution in [0.5, 0.6) is 0 Å². The van der Waals surface area contributed by atoms with Gasteiger partial charge in [-0.25, -0.2) is 0 Å². The standard InChI is InChI=1S/C8H16N2O/c9-8(7-11)6-10-4-2-1-3-5-10/h7-8H,1-6,9H2. The fraction of sp³-hybridized carbons (Fsp3) is 0.875. The van der Waals surface area contributed by atoms with Gasteiger partial charge in [-0.1, -0.05) is 6.42 Å². The quantitative estimate of drug-likeness (QED) is 0.585. The topological polar surface area (TPSA) is 46.3 Å². The van der Waals surface area contributed by atoms with Gasteiger partial charge in [-0.3, -0.25) is 0 Å². The highest BCUT2D eigenvalue weighted by molar-refractivity contribution is 5.57. The molecule has 2 N–H and O–H groups in total. The molecule has 1 heterocycles. The van der Waals surface area contributed by atoms with Crippen LogP contribution in [0.2, 0.25) is 0 Å². The van der Waals surface area contributed by atoms with Crippen molar-refractivity contribution in [3.8, 4) is 0 Å². The number of rotatable bonds is 3. The van der Waals surface area contributed by atoms with Crippen molar-refractivity contribution in [2.75, 3.05) is 19.6 Å². The predicted molar refractivity (Wildman–Crippen MR) is 44.3 cm³/mol. The maximum absolute atomic E-state index is 10.2. The Balaban J connectivity index is 2.18. The Kier molecular flexibility index (Phi) is 3.52. The number of carbonyl (C=O) groups excluding carboxylic acids is 1. The molecule has 0 aliphatic carbocycles. The van der Waals surface area contributed by atoms with Crippen LogP contribution >= 0.6 is 0 Å². The minimum atomic E-state index is -0.284. The lowest BCUT2D eigenvalue weighted by atomic mass is 10.1. The number of likely N-dealkylation sites (tertiary alicyclic amines) is 1.